The van der Waals surface area contributed by atoms with Crippen LogP contribution < -0.4 is 0 Å². The van der Waals surface area contributed by atoms with E-state index in [0.29, 0.717) is 5.56 Å². The van der Waals surface area contributed by atoms with Crippen LogP contribution in [0.1, 0.15) is 17.3 Å². The SMILES string of the molecule is CC#Cn1ncc2cc(-c3ccc(C(=O)OC)cc3)ccc21. The van der Waals surface area contributed by atoms with E-state index in [0.717, 1.165) is 22.0 Å². The Morgan fingerprint density at radius 3 is 2.55 bits per heavy atom. The van der Waals surface area contributed by atoms with Crippen LogP contribution in [0.3, 0.4) is 0 Å². The molecule has 0 bridgehead atoms. The van der Waals surface area contributed by atoms with Crippen LogP contribution in [0.25, 0.3) is 22.0 Å². The van der Waals surface area contributed by atoms with Gasteiger partial charge < -0.3 is 4.74 Å². The van der Waals surface area contributed by atoms with Gasteiger partial charge in [0.25, 0.3) is 0 Å². The fraction of sp³-hybridized carbons (Fsp3) is 0.111. The number of rotatable bonds is 2. The van der Waals surface area contributed by atoms with Crippen molar-refractivity contribution in [1.82, 2.24) is 9.78 Å². The van der Waals surface area contributed by atoms with Gasteiger partial charge in [0.2, 0.25) is 0 Å². The van der Waals surface area contributed by atoms with Gasteiger partial charge in [-0.2, -0.15) is 9.78 Å². The van der Waals surface area contributed by atoms with Crippen molar-refractivity contribution in [2.75, 3.05) is 7.11 Å². The fourth-order valence-electron chi connectivity index (χ4n) is 2.32. The van der Waals surface area contributed by atoms with E-state index in [-0.39, 0.29) is 5.97 Å². The Bertz CT molecular complexity index is 896. The number of benzene rings is 2. The number of methoxy groups -OCH3 is 1. The molecule has 0 unspecified atom stereocenters. The van der Waals surface area contributed by atoms with Crippen LogP contribution in [0, 0.1) is 12.0 Å². The number of carbonyl (C=O) groups excluding carboxylic acids is 1. The summed E-state index contributed by atoms with van der Waals surface area (Å²) in [7, 11) is 1.38. The average Bonchev–Trinajstić information content (AvgIpc) is 2.97. The van der Waals surface area contributed by atoms with Crippen molar-refractivity contribution in [3.8, 4) is 23.1 Å². The van der Waals surface area contributed by atoms with Crippen LogP contribution in [-0.4, -0.2) is 22.9 Å². The Morgan fingerprint density at radius 2 is 1.86 bits per heavy atom. The first-order valence-electron chi connectivity index (χ1n) is 6.82. The first-order valence-corrected chi connectivity index (χ1v) is 6.82. The summed E-state index contributed by atoms with van der Waals surface area (Å²) in [5.74, 6) is 2.51. The predicted molar refractivity (Wildman–Crippen MR) is 85.4 cm³/mol. The molecule has 22 heavy (non-hydrogen) atoms. The highest BCUT2D eigenvalue weighted by Crippen LogP contribution is 2.24. The summed E-state index contributed by atoms with van der Waals surface area (Å²) >= 11 is 0. The molecule has 0 aliphatic heterocycles. The van der Waals surface area contributed by atoms with Crippen molar-refractivity contribution < 1.29 is 9.53 Å². The lowest BCUT2D eigenvalue weighted by Crippen LogP contribution is -2.00. The van der Waals surface area contributed by atoms with Crippen LogP contribution >= 0.6 is 0 Å². The summed E-state index contributed by atoms with van der Waals surface area (Å²) in [5.41, 5.74) is 3.61. The van der Waals surface area contributed by atoms with E-state index in [2.05, 4.69) is 23.1 Å². The Labute approximate surface area is 128 Å². The van der Waals surface area contributed by atoms with E-state index in [1.807, 2.05) is 24.3 Å². The number of hydrogen-bond donors (Lipinski definition) is 0. The molecule has 2 aromatic carbocycles. The highest BCUT2D eigenvalue weighted by Gasteiger charge is 2.07. The lowest BCUT2D eigenvalue weighted by molar-refractivity contribution is 0.0601. The van der Waals surface area contributed by atoms with E-state index in [9.17, 15) is 4.79 Å². The van der Waals surface area contributed by atoms with Gasteiger partial charge in [-0.1, -0.05) is 24.1 Å². The minimum atomic E-state index is -0.332. The molecular formula is C18H14N2O2. The normalized spacial score (nSPS) is 10.1. The van der Waals surface area contributed by atoms with Gasteiger partial charge in [-0.05, 0) is 42.3 Å². The molecule has 0 radical (unpaired) electrons. The van der Waals surface area contributed by atoms with Crippen LogP contribution in [0.15, 0.2) is 48.7 Å². The second kappa shape index (κ2) is 5.74. The molecule has 0 fully saturated rings. The van der Waals surface area contributed by atoms with Crippen LogP contribution in [0.4, 0.5) is 0 Å². The predicted octanol–water partition coefficient (Wildman–Crippen LogP) is 3.32. The van der Waals surface area contributed by atoms with Gasteiger partial charge in [0.15, 0.2) is 0 Å². The van der Waals surface area contributed by atoms with Gasteiger partial charge >= 0.3 is 5.97 Å². The zero-order valence-electron chi connectivity index (χ0n) is 12.3. The number of nitrogens with zero attached hydrogens (tertiary/aromatic N) is 2. The lowest BCUT2D eigenvalue weighted by Gasteiger charge is -2.04. The van der Waals surface area contributed by atoms with Crippen LogP contribution in [0.5, 0.6) is 0 Å². The molecule has 0 atom stereocenters. The van der Waals surface area contributed by atoms with Crippen LogP contribution in [-0.2, 0) is 4.74 Å². The molecule has 1 aromatic heterocycles. The molecule has 4 heteroatoms. The van der Waals surface area contributed by atoms with Gasteiger partial charge in [-0.3, -0.25) is 0 Å². The van der Waals surface area contributed by atoms with E-state index in [1.165, 1.54) is 7.11 Å². The standard InChI is InChI=1S/C18H14N2O2/c1-3-10-20-17-9-8-15(11-16(17)12-19-20)13-4-6-14(7-5-13)18(21)22-2/h4-9,11-12H,1-2H3. The molecule has 0 saturated carbocycles. The Morgan fingerprint density at radius 1 is 1.14 bits per heavy atom. The Balaban J connectivity index is 1.99. The number of hydrogen-bond acceptors (Lipinski definition) is 3. The molecule has 0 amide bonds. The summed E-state index contributed by atoms with van der Waals surface area (Å²) in [6.07, 6.45) is 1.80. The zero-order valence-corrected chi connectivity index (χ0v) is 12.3. The molecule has 1 heterocycles. The fourth-order valence-corrected chi connectivity index (χ4v) is 2.32. The molecule has 0 aliphatic carbocycles. The Hall–Kier alpha value is -3.06. The average molecular weight is 290 g/mol. The van der Waals surface area contributed by atoms with Crippen molar-refractivity contribution in [3.63, 3.8) is 0 Å². The minimum Gasteiger partial charge on any atom is -0.465 e. The smallest absolute Gasteiger partial charge is 0.337 e. The highest BCUT2D eigenvalue weighted by molar-refractivity contribution is 5.90. The zero-order chi connectivity index (χ0) is 15.5. The monoisotopic (exact) mass is 290 g/mol. The molecule has 0 spiro atoms. The molecule has 3 aromatic rings. The van der Waals surface area contributed by atoms with E-state index < -0.39 is 0 Å². The first-order chi connectivity index (χ1) is 10.7. The van der Waals surface area contributed by atoms with Gasteiger partial charge in [0, 0.05) is 11.4 Å². The summed E-state index contributed by atoms with van der Waals surface area (Å²) < 4.78 is 6.37. The number of fused-ring (bicyclic) bond motifs is 1. The Kier molecular flexibility index (Phi) is 3.63. The maximum Gasteiger partial charge on any atom is 0.337 e. The topological polar surface area (TPSA) is 44.1 Å². The minimum absolute atomic E-state index is 0.332. The van der Waals surface area contributed by atoms with Crippen molar-refractivity contribution in [3.05, 3.63) is 54.2 Å². The lowest BCUT2D eigenvalue weighted by atomic mass is 10.0. The molecule has 0 saturated heterocycles. The third-order valence-corrected chi connectivity index (χ3v) is 3.43. The molecule has 0 N–H and O–H groups in total. The highest BCUT2D eigenvalue weighted by atomic mass is 16.5. The van der Waals surface area contributed by atoms with Crippen LogP contribution in [0.2, 0.25) is 0 Å². The van der Waals surface area contributed by atoms with Crippen molar-refractivity contribution >= 4 is 16.9 Å². The van der Waals surface area contributed by atoms with Crippen molar-refractivity contribution in [2.45, 2.75) is 6.92 Å². The van der Waals surface area contributed by atoms with Gasteiger partial charge in [-0.25, -0.2) is 4.79 Å². The maximum atomic E-state index is 11.5. The third kappa shape index (κ3) is 2.45. The molecule has 4 nitrogen and oxygen atoms in total. The largest absolute Gasteiger partial charge is 0.465 e. The number of esters is 1. The number of carbonyl (C=O) groups is 1. The quantitative estimate of drug-likeness (QED) is 0.537. The summed E-state index contributed by atoms with van der Waals surface area (Å²) in [6, 6.07) is 16.3. The van der Waals surface area contributed by atoms with E-state index in [1.54, 1.807) is 29.9 Å². The first kappa shape index (κ1) is 13.9. The van der Waals surface area contributed by atoms with E-state index in [4.69, 9.17) is 4.74 Å². The second-order valence-electron chi connectivity index (χ2n) is 4.76. The van der Waals surface area contributed by atoms with Gasteiger partial charge in [-0.15, -0.1) is 0 Å². The molecule has 0 aliphatic rings. The van der Waals surface area contributed by atoms with Crippen molar-refractivity contribution in [1.29, 1.82) is 0 Å². The van der Waals surface area contributed by atoms with Gasteiger partial charge in [0.1, 0.15) is 0 Å². The third-order valence-electron chi connectivity index (χ3n) is 3.43. The summed E-state index contributed by atoms with van der Waals surface area (Å²) in [4.78, 5) is 11.5. The number of aromatic nitrogens is 2. The molecular weight excluding hydrogens is 276 g/mol. The summed E-state index contributed by atoms with van der Waals surface area (Å²) in [5, 5.41) is 5.28. The molecule has 3 rings (SSSR count). The molecule has 108 valence electrons. The number of ether oxygens (including phenoxy) is 1. The maximum absolute atomic E-state index is 11.5. The van der Waals surface area contributed by atoms with E-state index >= 15 is 0 Å². The van der Waals surface area contributed by atoms with Gasteiger partial charge in [0.05, 0.1) is 24.4 Å². The summed E-state index contributed by atoms with van der Waals surface area (Å²) in [6.45, 7) is 1.78. The van der Waals surface area contributed by atoms with Crippen molar-refractivity contribution in [2.24, 2.45) is 0 Å². The second-order valence-corrected chi connectivity index (χ2v) is 4.76.